The summed E-state index contributed by atoms with van der Waals surface area (Å²) in [7, 11) is 0. The highest BCUT2D eigenvalue weighted by Crippen LogP contribution is 2.28. The molecular weight excluding hydrogens is 407 g/mol. The van der Waals surface area contributed by atoms with Crippen molar-refractivity contribution in [1.29, 1.82) is 0 Å². The summed E-state index contributed by atoms with van der Waals surface area (Å²) >= 11 is 8.66. The molecule has 0 unspecified atom stereocenters. The molecular formula is C19H22ClIO. The maximum Gasteiger partial charge on any atom is 0.138 e. The molecule has 0 saturated carbocycles. The molecule has 0 radical (unpaired) electrons. The minimum atomic E-state index is 0.544. The minimum absolute atomic E-state index is 0.544. The van der Waals surface area contributed by atoms with Crippen molar-refractivity contribution in [1.82, 2.24) is 0 Å². The Morgan fingerprint density at radius 1 is 1.00 bits per heavy atom. The molecule has 22 heavy (non-hydrogen) atoms. The van der Waals surface area contributed by atoms with Crippen LogP contribution < -0.4 is 4.74 Å². The van der Waals surface area contributed by atoms with Crippen LogP contribution in [0, 0.1) is 9.49 Å². The Labute approximate surface area is 152 Å². The van der Waals surface area contributed by atoms with Crippen LogP contribution in [-0.4, -0.2) is 0 Å². The SMILES string of the molecule is CCC(CC)Cc1ccc(OCc2ccc(I)cc2)c(Cl)c1. The molecule has 0 aromatic heterocycles. The van der Waals surface area contributed by atoms with Crippen molar-refractivity contribution in [3.8, 4) is 5.75 Å². The number of halogens is 2. The van der Waals surface area contributed by atoms with E-state index in [1.54, 1.807) is 0 Å². The van der Waals surface area contributed by atoms with Crippen LogP contribution in [0.1, 0.15) is 37.8 Å². The van der Waals surface area contributed by atoms with Crippen LogP contribution in [0.15, 0.2) is 42.5 Å². The lowest BCUT2D eigenvalue weighted by Gasteiger charge is -2.14. The zero-order valence-electron chi connectivity index (χ0n) is 13.1. The Morgan fingerprint density at radius 2 is 1.64 bits per heavy atom. The minimum Gasteiger partial charge on any atom is -0.487 e. The molecule has 0 amide bonds. The zero-order valence-corrected chi connectivity index (χ0v) is 16.0. The van der Waals surface area contributed by atoms with E-state index < -0.39 is 0 Å². The lowest BCUT2D eigenvalue weighted by Crippen LogP contribution is -2.02. The molecule has 0 bridgehead atoms. The number of rotatable bonds is 7. The van der Waals surface area contributed by atoms with E-state index >= 15 is 0 Å². The Kier molecular flexibility index (Phi) is 7.03. The first-order valence-corrected chi connectivity index (χ1v) is 9.23. The maximum absolute atomic E-state index is 6.36. The quantitative estimate of drug-likeness (QED) is 0.457. The van der Waals surface area contributed by atoms with Crippen molar-refractivity contribution in [2.75, 3.05) is 0 Å². The first-order chi connectivity index (χ1) is 10.6. The second-order valence-corrected chi connectivity index (χ2v) is 7.22. The summed E-state index contributed by atoms with van der Waals surface area (Å²) in [4.78, 5) is 0. The molecule has 118 valence electrons. The first-order valence-electron chi connectivity index (χ1n) is 7.78. The van der Waals surface area contributed by atoms with Gasteiger partial charge in [-0.2, -0.15) is 0 Å². The van der Waals surface area contributed by atoms with Gasteiger partial charge in [0.15, 0.2) is 0 Å². The third-order valence-corrected chi connectivity index (χ3v) is 5.00. The number of hydrogen-bond acceptors (Lipinski definition) is 1. The van der Waals surface area contributed by atoms with E-state index in [2.05, 4.69) is 66.8 Å². The third kappa shape index (κ3) is 5.17. The fourth-order valence-corrected chi connectivity index (χ4v) is 3.06. The van der Waals surface area contributed by atoms with Crippen LogP contribution in [0.4, 0.5) is 0 Å². The van der Waals surface area contributed by atoms with E-state index in [0.717, 1.165) is 23.7 Å². The average Bonchev–Trinajstić information content (AvgIpc) is 2.53. The summed E-state index contributed by atoms with van der Waals surface area (Å²) in [6.45, 7) is 5.03. The highest BCUT2D eigenvalue weighted by molar-refractivity contribution is 14.1. The molecule has 0 aliphatic heterocycles. The highest BCUT2D eigenvalue weighted by atomic mass is 127. The highest BCUT2D eigenvalue weighted by Gasteiger charge is 2.08. The van der Waals surface area contributed by atoms with Crippen LogP contribution in [0.3, 0.4) is 0 Å². The van der Waals surface area contributed by atoms with Crippen molar-refractivity contribution in [2.24, 2.45) is 5.92 Å². The molecule has 0 spiro atoms. The van der Waals surface area contributed by atoms with Gasteiger partial charge in [-0.1, -0.05) is 56.5 Å². The molecule has 3 heteroatoms. The monoisotopic (exact) mass is 428 g/mol. The van der Waals surface area contributed by atoms with Crippen LogP contribution in [0.2, 0.25) is 5.02 Å². The van der Waals surface area contributed by atoms with Gasteiger partial charge in [-0.25, -0.2) is 0 Å². The van der Waals surface area contributed by atoms with Crippen LogP contribution in [0.5, 0.6) is 5.75 Å². The third-order valence-electron chi connectivity index (χ3n) is 3.98. The molecule has 0 aliphatic carbocycles. The van der Waals surface area contributed by atoms with Gasteiger partial charge < -0.3 is 4.74 Å². The molecule has 0 heterocycles. The van der Waals surface area contributed by atoms with Gasteiger partial charge in [0.2, 0.25) is 0 Å². The Bertz CT molecular complexity index is 591. The van der Waals surface area contributed by atoms with E-state index in [1.807, 2.05) is 12.1 Å². The van der Waals surface area contributed by atoms with E-state index in [4.69, 9.17) is 16.3 Å². The van der Waals surface area contributed by atoms with Gasteiger partial charge in [-0.05, 0) is 70.3 Å². The molecule has 0 atom stereocenters. The Morgan fingerprint density at radius 3 is 2.23 bits per heavy atom. The van der Waals surface area contributed by atoms with E-state index in [-0.39, 0.29) is 0 Å². The standard InChI is InChI=1S/C19H22ClIO/c1-3-14(4-2)11-16-7-10-19(18(20)12-16)22-13-15-5-8-17(21)9-6-15/h5-10,12,14H,3-4,11,13H2,1-2H3. The zero-order chi connectivity index (χ0) is 15.9. The van der Waals surface area contributed by atoms with Crippen LogP contribution in [0.25, 0.3) is 0 Å². The van der Waals surface area contributed by atoms with Gasteiger partial charge in [-0.15, -0.1) is 0 Å². The summed E-state index contributed by atoms with van der Waals surface area (Å²) in [5.74, 6) is 1.49. The van der Waals surface area contributed by atoms with Gasteiger partial charge in [0.1, 0.15) is 12.4 Å². The van der Waals surface area contributed by atoms with Gasteiger partial charge in [-0.3, -0.25) is 0 Å². The maximum atomic E-state index is 6.36. The predicted octanol–water partition coefficient (Wildman–Crippen LogP) is 6.50. The lowest BCUT2D eigenvalue weighted by molar-refractivity contribution is 0.306. The van der Waals surface area contributed by atoms with Crippen molar-refractivity contribution in [3.05, 3.63) is 62.2 Å². The smallest absolute Gasteiger partial charge is 0.138 e. The predicted molar refractivity (Wildman–Crippen MR) is 103 cm³/mol. The van der Waals surface area contributed by atoms with Gasteiger partial charge in [0, 0.05) is 3.57 Å². The normalized spacial score (nSPS) is 11.0. The van der Waals surface area contributed by atoms with E-state index in [0.29, 0.717) is 11.6 Å². The summed E-state index contributed by atoms with van der Waals surface area (Å²) in [5.41, 5.74) is 2.44. The first kappa shape index (κ1) is 17.6. The second kappa shape index (κ2) is 8.78. The molecule has 2 rings (SSSR count). The van der Waals surface area contributed by atoms with Gasteiger partial charge in [0.05, 0.1) is 5.02 Å². The van der Waals surface area contributed by atoms with Gasteiger partial charge in [0.25, 0.3) is 0 Å². The largest absolute Gasteiger partial charge is 0.487 e. The second-order valence-electron chi connectivity index (χ2n) is 5.57. The Balaban J connectivity index is 1.98. The fourth-order valence-electron chi connectivity index (χ4n) is 2.44. The van der Waals surface area contributed by atoms with Crippen molar-refractivity contribution >= 4 is 34.2 Å². The molecule has 0 N–H and O–H groups in total. The summed E-state index contributed by atoms with van der Waals surface area (Å²) < 4.78 is 7.07. The molecule has 1 nitrogen and oxygen atoms in total. The topological polar surface area (TPSA) is 9.23 Å². The van der Waals surface area contributed by atoms with Crippen molar-refractivity contribution in [2.45, 2.75) is 39.7 Å². The summed E-state index contributed by atoms with van der Waals surface area (Å²) in [6.07, 6.45) is 3.50. The van der Waals surface area contributed by atoms with E-state index in [9.17, 15) is 0 Å². The molecule has 0 saturated heterocycles. The lowest BCUT2D eigenvalue weighted by atomic mass is 9.95. The van der Waals surface area contributed by atoms with Crippen LogP contribution in [-0.2, 0) is 13.0 Å². The molecule has 0 aliphatic rings. The number of benzene rings is 2. The molecule has 2 aromatic carbocycles. The summed E-state index contributed by atoms with van der Waals surface area (Å²) in [6, 6.07) is 14.5. The number of hydrogen-bond donors (Lipinski definition) is 0. The van der Waals surface area contributed by atoms with Crippen LogP contribution >= 0.6 is 34.2 Å². The van der Waals surface area contributed by atoms with E-state index in [1.165, 1.54) is 22.0 Å². The summed E-state index contributed by atoms with van der Waals surface area (Å²) in [5, 5.41) is 0.703. The fraction of sp³-hybridized carbons (Fsp3) is 0.368. The average molecular weight is 429 g/mol. The van der Waals surface area contributed by atoms with Crippen molar-refractivity contribution < 1.29 is 4.74 Å². The molecule has 2 aromatic rings. The Hall–Kier alpha value is -0.740. The molecule has 0 fully saturated rings. The number of ether oxygens (including phenoxy) is 1. The van der Waals surface area contributed by atoms with Crippen molar-refractivity contribution in [3.63, 3.8) is 0 Å². The van der Waals surface area contributed by atoms with Gasteiger partial charge >= 0.3 is 0 Å².